The Kier molecular flexibility index (Phi) is 8.53. The molecule has 2 aromatic carbocycles. The lowest BCUT2D eigenvalue weighted by Gasteiger charge is -2.35. The predicted octanol–water partition coefficient (Wildman–Crippen LogP) is 3.13. The molecule has 6 nitrogen and oxygen atoms in total. The molecule has 2 aromatic rings. The number of hydrogen-bond donors (Lipinski definition) is 2. The van der Waals surface area contributed by atoms with Crippen LogP contribution in [0.1, 0.15) is 29.7 Å². The Balaban J connectivity index is 1.72. The molecule has 2 N–H and O–H groups in total. The van der Waals surface area contributed by atoms with Gasteiger partial charge >= 0.3 is 0 Å². The van der Waals surface area contributed by atoms with Gasteiger partial charge in [-0.15, -0.1) is 0 Å². The molecule has 0 amide bonds. The average molecular weight is 411 g/mol. The molecule has 30 heavy (non-hydrogen) atoms. The van der Waals surface area contributed by atoms with Gasteiger partial charge in [0.2, 0.25) is 0 Å². The van der Waals surface area contributed by atoms with Crippen molar-refractivity contribution in [2.24, 2.45) is 4.99 Å². The smallest absolute Gasteiger partial charge is 0.191 e. The van der Waals surface area contributed by atoms with Crippen molar-refractivity contribution in [2.45, 2.75) is 26.4 Å². The van der Waals surface area contributed by atoms with Gasteiger partial charge in [0.15, 0.2) is 5.96 Å². The van der Waals surface area contributed by atoms with Crippen LogP contribution in [0.2, 0.25) is 0 Å². The fourth-order valence-corrected chi connectivity index (χ4v) is 3.66. The summed E-state index contributed by atoms with van der Waals surface area (Å²) in [6.45, 7) is 9.87. The Morgan fingerprint density at radius 1 is 1.10 bits per heavy atom. The second-order valence-electron chi connectivity index (χ2n) is 7.44. The molecule has 1 fully saturated rings. The van der Waals surface area contributed by atoms with Gasteiger partial charge < -0.3 is 20.1 Å². The summed E-state index contributed by atoms with van der Waals surface area (Å²) >= 11 is 0. The summed E-state index contributed by atoms with van der Waals surface area (Å²) in [5, 5.41) is 6.94. The first kappa shape index (κ1) is 22.1. The zero-order valence-corrected chi connectivity index (χ0v) is 18.4. The summed E-state index contributed by atoms with van der Waals surface area (Å²) in [5.41, 5.74) is 3.77. The van der Waals surface area contributed by atoms with Gasteiger partial charge in [-0.25, -0.2) is 4.99 Å². The fourth-order valence-electron chi connectivity index (χ4n) is 3.66. The number of nitrogens with zero attached hydrogens (tertiary/aromatic N) is 2. The Hall–Kier alpha value is -2.57. The van der Waals surface area contributed by atoms with Crippen LogP contribution < -0.4 is 15.4 Å². The Bertz CT molecular complexity index is 801. The molecule has 1 atom stereocenters. The van der Waals surface area contributed by atoms with E-state index in [9.17, 15) is 0 Å². The van der Waals surface area contributed by atoms with Crippen molar-refractivity contribution >= 4 is 5.96 Å². The molecule has 1 aliphatic rings. The first-order valence-electron chi connectivity index (χ1n) is 10.7. The van der Waals surface area contributed by atoms with Crippen molar-refractivity contribution in [3.8, 4) is 5.75 Å². The molecule has 1 heterocycles. The van der Waals surface area contributed by atoms with Gasteiger partial charge in [0.05, 0.1) is 32.9 Å². The zero-order valence-electron chi connectivity index (χ0n) is 18.4. The highest BCUT2D eigenvalue weighted by atomic mass is 16.5. The molecule has 0 bridgehead atoms. The number of aryl methyl sites for hydroxylation is 1. The van der Waals surface area contributed by atoms with Gasteiger partial charge in [0.25, 0.3) is 0 Å². The minimum atomic E-state index is 0.238. The van der Waals surface area contributed by atoms with E-state index in [0.29, 0.717) is 6.54 Å². The van der Waals surface area contributed by atoms with E-state index in [1.165, 1.54) is 16.7 Å². The summed E-state index contributed by atoms with van der Waals surface area (Å²) in [7, 11) is 1.70. The van der Waals surface area contributed by atoms with Gasteiger partial charge in [-0.1, -0.05) is 36.4 Å². The van der Waals surface area contributed by atoms with Crippen LogP contribution in [0, 0.1) is 6.92 Å². The van der Waals surface area contributed by atoms with Crippen molar-refractivity contribution in [1.29, 1.82) is 0 Å². The Morgan fingerprint density at radius 3 is 2.50 bits per heavy atom. The van der Waals surface area contributed by atoms with Crippen LogP contribution >= 0.6 is 0 Å². The lowest BCUT2D eigenvalue weighted by molar-refractivity contribution is 0.0170. The van der Waals surface area contributed by atoms with Crippen molar-refractivity contribution in [1.82, 2.24) is 15.5 Å². The van der Waals surface area contributed by atoms with Crippen LogP contribution in [-0.2, 0) is 11.3 Å². The molecule has 0 saturated carbocycles. The molecule has 6 heteroatoms. The lowest BCUT2D eigenvalue weighted by atomic mass is 10.0. The van der Waals surface area contributed by atoms with Gasteiger partial charge in [-0.3, -0.25) is 4.90 Å². The molecule has 0 radical (unpaired) electrons. The van der Waals surface area contributed by atoms with Crippen LogP contribution in [0.5, 0.6) is 5.75 Å². The van der Waals surface area contributed by atoms with E-state index in [1.807, 2.05) is 12.1 Å². The maximum atomic E-state index is 5.57. The number of guanidine groups is 1. The van der Waals surface area contributed by atoms with E-state index in [-0.39, 0.29) is 6.04 Å². The third-order valence-electron chi connectivity index (χ3n) is 5.46. The summed E-state index contributed by atoms with van der Waals surface area (Å²) in [6, 6.07) is 17.0. The first-order valence-corrected chi connectivity index (χ1v) is 10.7. The summed E-state index contributed by atoms with van der Waals surface area (Å²) in [5.74, 6) is 1.72. The number of nitrogens with one attached hydrogen (secondary N) is 2. The van der Waals surface area contributed by atoms with Crippen LogP contribution in [0.4, 0.5) is 0 Å². The van der Waals surface area contributed by atoms with E-state index in [0.717, 1.165) is 51.1 Å². The third kappa shape index (κ3) is 6.21. The molecular weight excluding hydrogens is 376 g/mol. The van der Waals surface area contributed by atoms with Crippen molar-refractivity contribution in [3.63, 3.8) is 0 Å². The maximum absolute atomic E-state index is 5.57. The molecule has 3 rings (SSSR count). The average Bonchev–Trinajstić information content (AvgIpc) is 2.79. The number of aliphatic imine (C=N–C) groups is 1. The normalized spacial score (nSPS) is 16.2. The fraction of sp³-hybridized carbons (Fsp3) is 0.458. The molecule has 1 unspecified atom stereocenters. The molecule has 1 saturated heterocycles. The lowest BCUT2D eigenvalue weighted by Crippen LogP contribution is -2.46. The largest absolute Gasteiger partial charge is 0.497 e. The van der Waals surface area contributed by atoms with Crippen molar-refractivity contribution in [2.75, 3.05) is 46.5 Å². The quantitative estimate of drug-likeness (QED) is 0.517. The highest BCUT2D eigenvalue weighted by Crippen LogP contribution is 2.23. The van der Waals surface area contributed by atoms with E-state index < -0.39 is 0 Å². The second-order valence-corrected chi connectivity index (χ2v) is 7.44. The topological polar surface area (TPSA) is 58.1 Å². The molecule has 1 aliphatic heterocycles. The van der Waals surface area contributed by atoms with Crippen LogP contribution in [0.25, 0.3) is 0 Å². The summed E-state index contributed by atoms with van der Waals surface area (Å²) in [6.07, 6.45) is 0. The number of morpholine rings is 1. The second kappa shape index (κ2) is 11.6. The van der Waals surface area contributed by atoms with Crippen LogP contribution in [0.3, 0.4) is 0 Å². The van der Waals surface area contributed by atoms with E-state index in [4.69, 9.17) is 14.5 Å². The number of rotatable bonds is 8. The van der Waals surface area contributed by atoms with E-state index in [2.05, 4.69) is 65.8 Å². The SMILES string of the molecule is CCNC(=NCc1ccccc1C)NCC(c1ccc(OC)cc1)N1CCOCC1. The molecule has 0 aliphatic carbocycles. The standard InChI is InChI=1S/C24H34N4O2/c1-4-25-24(26-17-21-8-6-5-7-19(21)2)27-18-23(28-13-15-30-16-14-28)20-9-11-22(29-3)12-10-20/h5-12,23H,4,13-18H2,1-3H3,(H2,25,26,27). The highest BCUT2D eigenvalue weighted by Gasteiger charge is 2.23. The molecule has 0 spiro atoms. The van der Waals surface area contributed by atoms with Gasteiger partial charge in [0, 0.05) is 26.2 Å². The predicted molar refractivity (Wildman–Crippen MR) is 122 cm³/mol. The summed E-state index contributed by atoms with van der Waals surface area (Å²) < 4.78 is 10.9. The number of hydrogen-bond acceptors (Lipinski definition) is 4. The number of methoxy groups -OCH3 is 1. The van der Waals surface area contributed by atoms with E-state index in [1.54, 1.807) is 7.11 Å². The van der Waals surface area contributed by atoms with Gasteiger partial charge in [0.1, 0.15) is 5.75 Å². The summed E-state index contributed by atoms with van der Waals surface area (Å²) in [4.78, 5) is 7.29. The van der Waals surface area contributed by atoms with Gasteiger partial charge in [-0.05, 0) is 42.7 Å². The maximum Gasteiger partial charge on any atom is 0.191 e. The van der Waals surface area contributed by atoms with Crippen molar-refractivity contribution < 1.29 is 9.47 Å². The zero-order chi connectivity index (χ0) is 21.2. The van der Waals surface area contributed by atoms with Crippen molar-refractivity contribution in [3.05, 3.63) is 65.2 Å². The van der Waals surface area contributed by atoms with Crippen LogP contribution in [0.15, 0.2) is 53.5 Å². The number of benzene rings is 2. The van der Waals surface area contributed by atoms with Crippen LogP contribution in [-0.4, -0.2) is 57.4 Å². The minimum absolute atomic E-state index is 0.238. The van der Waals surface area contributed by atoms with Gasteiger partial charge in [-0.2, -0.15) is 0 Å². The molecule has 0 aromatic heterocycles. The highest BCUT2D eigenvalue weighted by molar-refractivity contribution is 5.79. The molecular formula is C24H34N4O2. The minimum Gasteiger partial charge on any atom is -0.497 e. The Morgan fingerprint density at radius 2 is 1.83 bits per heavy atom. The Labute approximate surface area is 180 Å². The number of ether oxygens (including phenoxy) is 2. The molecule has 162 valence electrons. The monoisotopic (exact) mass is 410 g/mol. The van der Waals surface area contributed by atoms with E-state index >= 15 is 0 Å². The first-order chi connectivity index (χ1) is 14.7. The third-order valence-corrected chi connectivity index (χ3v) is 5.46.